The monoisotopic (exact) mass is 275 g/mol. The molecule has 0 heterocycles. The Morgan fingerprint density at radius 2 is 2.24 bits per heavy atom. The standard InChI is InChI=1S/C10H11Cl2N3O2/c1-6(17-10(16)5-13)14-15-9-3-2-7(11)4-8(9)12/h2-6,13-15H,1H3. The van der Waals surface area contributed by atoms with E-state index in [1.807, 2.05) is 0 Å². The molecule has 1 rings (SSSR count). The van der Waals surface area contributed by atoms with Crippen molar-refractivity contribution in [2.45, 2.75) is 13.2 Å². The van der Waals surface area contributed by atoms with Crippen LogP contribution in [0.2, 0.25) is 10.0 Å². The number of nitrogens with one attached hydrogen (secondary N) is 3. The second-order valence-corrected chi connectivity index (χ2v) is 3.96. The molecule has 92 valence electrons. The highest BCUT2D eigenvalue weighted by atomic mass is 35.5. The molecule has 0 aliphatic carbocycles. The molecule has 1 atom stereocenters. The van der Waals surface area contributed by atoms with Crippen molar-refractivity contribution in [3.8, 4) is 0 Å². The Bertz CT molecular complexity index is 426. The maximum Gasteiger partial charge on any atom is 0.350 e. The SMILES string of the molecule is CC(NNc1ccc(Cl)cc1Cl)OC(=O)C=N. The summed E-state index contributed by atoms with van der Waals surface area (Å²) in [5, 5.41) is 7.64. The molecule has 0 aliphatic heterocycles. The van der Waals surface area contributed by atoms with E-state index in [4.69, 9.17) is 33.3 Å². The largest absolute Gasteiger partial charge is 0.441 e. The molecule has 0 saturated carbocycles. The van der Waals surface area contributed by atoms with Crippen LogP contribution in [-0.2, 0) is 9.53 Å². The van der Waals surface area contributed by atoms with Gasteiger partial charge in [-0.05, 0) is 25.1 Å². The molecule has 5 nitrogen and oxygen atoms in total. The molecular weight excluding hydrogens is 265 g/mol. The quantitative estimate of drug-likeness (QED) is 0.334. The van der Waals surface area contributed by atoms with Crippen molar-refractivity contribution in [2.75, 3.05) is 5.43 Å². The van der Waals surface area contributed by atoms with Gasteiger partial charge in [-0.2, -0.15) is 5.43 Å². The average Bonchev–Trinajstić information content (AvgIpc) is 2.27. The Labute approximate surface area is 109 Å². The van der Waals surface area contributed by atoms with Gasteiger partial charge in [0.05, 0.1) is 10.7 Å². The minimum Gasteiger partial charge on any atom is -0.441 e. The van der Waals surface area contributed by atoms with Crippen LogP contribution < -0.4 is 10.9 Å². The number of hydrogen-bond donors (Lipinski definition) is 3. The van der Waals surface area contributed by atoms with Crippen LogP contribution in [0.1, 0.15) is 6.92 Å². The Balaban J connectivity index is 2.50. The molecule has 1 aromatic carbocycles. The van der Waals surface area contributed by atoms with Crippen molar-refractivity contribution in [1.82, 2.24) is 5.43 Å². The predicted molar refractivity (Wildman–Crippen MR) is 67.6 cm³/mol. The van der Waals surface area contributed by atoms with Crippen molar-refractivity contribution < 1.29 is 9.53 Å². The lowest BCUT2D eigenvalue weighted by atomic mass is 10.3. The van der Waals surface area contributed by atoms with E-state index in [0.29, 0.717) is 21.9 Å². The summed E-state index contributed by atoms with van der Waals surface area (Å²) in [6, 6.07) is 4.94. The second-order valence-electron chi connectivity index (χ2n) is 3.12. The number of benzene rings is 1. The van der Waals surface area contributed by atoms with Crippen molar-refractivity contribution in [3.05, 3.63) is 28.2 Å². The van der Waals surface area contributed by atoms with Crippen molar-refractivity contribution in [2.24, 2.45) is 0 Å². The van der Waals surface area contributed by atoms with E-state index in [1.165, 1.54) is 0 Å². The van der Waals surface area contributed by atoms with Crippen LogP contribution in [0.25, 0.3) is 0 Å². The minimum atomic E-state index is -0.728. The molecule has 0 saturated heterocycles. The molecule has 0 spiro atoms. The molecule has 0 fully saturated rings. The molecule has 3 N–H and O–H groups in total. The van der Waals surface area contributed by atoms with Crippen LogP contribution in [0.3, 0.4) is 0 Å². The minimum absolute atomic E-state index is 0.440. The van der Waals surface area contributed by atoms with E-state index in [-0.39, 0.29) is 0 Å². The van der Waals surface area contributed by atoms with Gasteiger partial charge in [-0.3, -0.25) is 0 Å². The van der Waals surface area contributed by atoms with E-state index in [1.54, 1.807) is 25.1 Å². The molecule has 17 heavy (non-hydrogen) atoms. The molecular formula is C10H11Cl2N3O2. The van der Waals surface area contributed by atoms with E-state index in [2.05, 4.69) is 10.9 Å². The number of carbonyl (C=O) groups is 1. The van der Waals surface area contributed by atoms with E-state index in [9.17, 15) is 4.79 Å². The number of rotatable bonds is 5. The summed E-state index contributed by atoms with van der Waals surface area (Å²) in [7, 11) is 0. The molecule has 0 aromatic heterocycles. The molecule has 0 amide bonds. The van der Waals surface area contributed by atoms with E-state index in [0.717, 1.165) is 0 Å². The third-order valence-corrected chi connectivity index (χ3v) is 2.30. The summed E-state index contributed by atoms with van der Waals surface area (Å²) >= 11 is 11.7. The van der Waals surface area contributed by atoms with Gasteiger partial charge < -0.3 is 15.6 Å². The van der Waals surface area contributed by atoms with Crippen LogP contribution >= 0.6 is 23.2 Å². The first-order chi connectivity index (χ1) is 8.02. The lowest BCUT2D eigenvalue weighted by Gasteiger charge is -2.16. The summed E-state index contributed by atoms with van der Waals surface area (Å²) in [6.07, 6.45) is -0.0103. The van der Waals surface area contributed by atoms with Crippen LogP contribution in [0.15, 0.2) is 18.2 Å². The number of anilines is 1. The smallest absolute Gasteiger partial charge is 0.350 e. The Kier molecular flexibility index (Phi) is 5.21. The van der Waals surface area contributed by atoms with Gasteiger partial charge in [-0.1, -0.05) is 23.2 Å². The Hall–Kier alpha value is -1.30. The fraction of sp³-hybridized carbons (Fsp3) is 0.200. The Morgan fingerprint density at radius 3 is 2.82 bits per heavy atom. The van der Waals surface area contributed by atoms with Crippen molar-refractivity contribution in [1.29, 1.82) is 5.41 Å². The average molecular weight is 276 g/mol. The topological polar surface area (TPSA) is 74.2 Å². The van der Waals surface area contributed by atoms with Gasteiger partial charge >= 0.3 is 5.97 Å². The predicted octanol–water partition coefficient (Wildman–Crippen LogP) is 2.45. The molecule has 1 aromatic rings. The van der Waals surface area contributed by atoms with Crippen LogP contribution in [0.5, 0.6) is 0 Å². The second kappa shape index (κ2) is 6.44. The third kappa shape index (κ3) is 4.60. The van der Waals surface area contributed by atoms with Gasteiger partial charge in [0.2, 0.25) is 0 Å². The normalized spacial score (nSPS) is 11.7. The highest BCUT2D eigenvalue weighted by Crippen LogP contribution is 2.24. The molecule has 1 unspecified atom stereocenters. The first-order valence-electron chi connectivity index (χ1n) is 4.70. The van der Waals surface area contributed by atoms with Gasteiger partial charge in [0, 0.05) is 5.02 Å². The van der Waals surface area contributed by atoms with Crippen LogP contribution in [-0.4, -0.2) is 18.4 Å². The highest BCUT2D eigenvalue weighted by Gasteiger charge is 2.07. The number of carbonyl (C=O) groups excluding carboxylic acids is 1. The lowest BCUT2D eigenvalue weighted by molar-refractivity contribution is -0.140. The van der Waals surface area contributed by atoms with Gasteiger partial charge in [0.25, 0.3) is 0 Å². The summed E-state index contributed by atoms with van der Waals surface area (Å²) in [4.78, 5) is 10.8. The van der Waals surface area contributed by atoms with E-state index >= 15 is 0 Å². The maximum atomic E-state index is 10.8. The zero-order valence-electron chi connectivity index (χ0n) is 8.96. The summed E-state index contributed by atoms with van der Waals surface area (Å²) in [5.74, 6) is -0.728. The number of esters is 1. The van der Waals surface area contributed by atoms with E-state index < -0.39 is 12.2 Å². The summed E-state index contributed by atoms with van der Waals surface area (Å²) < 4.78 is 4.76. The summed E-state index contributed by atoms with van der Waals surface area (Å²) in [6.45, 7) is 1.61. The number of ether oxygens (including phenoxy) is 1. The van der Waals surface area contributed by atoms with Gasteiger partial charge in [0.15, 0.2) is 6.23 Å². The first kappa shape index (κ1) is 13.8. The maximum absolute atomic E-state index is 10.8. The fourth-order valence-corrected chi connectivity index (χ4v) is 1.46. The van der Waals surface area contributed by atoms with Crippen molar-refractivity contribution in [3.63, 3.8) is 0 Å². The first-order valence-corrected chi connectivity index (χ1v) is 5.46. The molecule has 0 bridgehead atoms. The van der Waals surface area contributed by atoms with Crippen molar-refractivity contribution >= 4 is 41.1 Å². The number of hydrogen-bond acceptors (Lipinski definition) is 5. The molecule has 0 radical (unpaired) electrons. The molecule has 7 heteroatoms. The third-order valence-electron chi connectivity index (χ3n) is 1.75. The van der Waals surface area contributed by atoms with Gasteiger partial charge in [0.1, 0.15) is 6.21 Å². The van der Waals surface area contributed by atoms with Crippen LogP contribution in [0.4, 0.5) is 5.69 Å². The van der Waals surface area contributed by atoms with Crippen LogP contribution in [0, 0.1) is 5.41 Å². The zero-order valence-corrected chi connectivity index (χ0v) is 10.5. The van der Waals surface area contributed by atoms with Gasteiger partial charge in [-0.15, -0.1) is 0 Å². The number of hydrazine groups is 1. The summed E-state index contributed by atoms with van der Waals surface area (Å²) in [5.41, 5.74) is 6.08. The Morgan fingerprint density at radius 1 is 1.53 bits per heavy atom. The lowest BCUT2D eigenvalue weighted by Crippen LogP contribution is -2.35. The van der Waals surface area contributed by atoms with Gasteiger partial charge in [-0.25, -0.2) is 4.79 Å². The highest BCUT2D eigenvalue weighted by molar-refractivity contribution is 6.36. The fourth-order valence-electron chi connectivity index (χ4n) is 1.01. The number of halogens is 2. The zero-order chi connectivity index (χ0) is 12.8. The molecule has 0 aliphatic rings.